The van der Waals surface area contributed by atoms with Crippen molar-refractivity contribution in [2.45, 2.75) is 6.54 Å². The first-order chi connectivity index (χ1) is 11.3. The van der Waals surface area contributed by atoms with Crippen molar-refractivity contribution in [2.24, 2.45) is 0 Å². The van der Waals surface area contributed by atoms with E-state index in [-0.39, 0.29) is 0 Å². The molecule has 23 heavy (non-hydrogen) atoms. The Morgan fingerprint density at radius 2 is 1.96 bits per heavy atom. The summed E-state index contributed by atoms with van der Waals surface area (Å²) in [5.41, 5.74) is 7.75. The molecule has 1 aliphatic rings. The van der Waals surface area contributed by atoms with Crippen LogP contribution >= 0.6 is 0 Å². The fourth-order valence-corrected chi connectivity index (χ4v) is 2.83. The van der Waals surface area contributed by atoms with E-state index in [0.29, 0.717) is 5.82 Å². The molecular formula is C17H18N4O2. The molecule has 0 unspecified atom stereocenters. The van der Waals surface area contributed by atoms with Crippen LogP contribution < -0.4 is 5.73 Å². The van der Waals surface area contributed by atoms with E-state index >= 15 is 0 Å². The van der Waals surface area contributed by atoms with Crippen LogP contribution in [0.25, 0.3) is 22.2 Å². The topological polar surface area (TPSA) is 77.4 Å². The Kier molecular flexibility index (Phi) is 3.69. The molecule has 3 aromatic rings. The second kappa shape index (κ2) is 5.98. The van der Waals surface area contributed by atoms with Crippen molar-refractivity contribution in [3.63, 3.8) is 0 Å². The van der Waals surface area contributed by atoms with Crippen molar-refractivity contribution >= 4 is 16.7 Å². The quantitative estimate of drug-likeness (QED) is 0.800. The van der Waals surface area contributed by atoms with Crippen molar-refractivity contribution in [3.8, 4) is 11.3 Å². The van der Waals surface area contributed by atoms with Crippen molar-refractivity contribution in [1.82, 2.24) is 14.9 Å². The Balaban J connectivity index is 1.59. The van der Waals surface area contributed by atoms with E-state index in [1.165, 1.54) is 6.33 Å². The highest BCUT2D eigenvalue weighted by molar-refractivity contribution is 5.90. The summed E-state index contributed by atoms with van der Waals surface area (Å²) in [7, 11) is 0. The van der Waals surface area contributed by atoms with Crippen LogP contribution in [0.4, 0.5) is 5.82 Å². The maximum absolute atomic E-state index is 6.00. The highest BCUT2D eigenvalue weighted by atomic mass is 16.5. The van der Waals surface area contributed by atoms with Gasteiger partial charge in [0.05, 0.1) is 25.3 Å². The van der Waals surface area contributed by atoms with Gasteiger partial charge in [0.2, 0.25) is 0 Å². The van der Waals surface area contributed by atoms with Gasteiger partial charge in [0, 0.05) is 24.0 Å². The third-order valence-electron chi connectivity index (χ3n) is 4.10. The van der Waals surface area contributed by atoms with Gasteiger partial charge in [-0.05, 0) is 30.3 Å². The van der Waals surface area contributed by atoms with Crippen LogP contribution in [0, 0.1) is 0 Å². The number of fused-ring (bicyclic) bond motifs is 1. The van der Waals surface area contributed by atoms with Crippen LogP contribution in [-0.4, -0.2) is 41.2 Å². The number of rotatable bonds is 3. The van der Waals surface area contributed by atoms with Crippen LogP contribution in [0.2, 0.25) is 0 Å². The van der Waals surface area contributed by atoms with E-state index in [1.807, 2.05) is 30.3 Å². The highest BCUT2D eigenvalue weighted by Gasteiger charge is 2.13. The minimum Gasteiger partial charge on any atom is -0.460 e. The molecule has 2 aromatic heterocycles. The predicted octanol–water partition coefficient (Wildman–Crippen LogP) is 2.30. The van der Waals surface area contributed by atoms with Gasteiger partial charge in [-0.1, -0.05) is 0 Å². The molecule has 4 rings (SSSR count). The number of anilines is 1. The van der Waals surface area contributed by atoms with Gasteiger partial charge in [-0.2, -0.15) is 0 Å². The Morgan fingerprint density at radius 1 is 1.09 bits per heavy atom. The SMILES string of the molecule is Nc1ncnc2ccc(-c3ccc(CN4CCOCC4)o3)cc12. The van der Waals surface area contributed by atoms with Gasteiger partial charge in [0.25, 0.3) is 0 Å². The zero-order chi connectivity index (χ0) is 15.6. The smallest absolute Gasteiger partial charge is 0.134 e. The van der Waals surface area contributed by atoms with E-state index in [1.54, 1.807) is 0 Å². The lowest BCUT2D eigenvalue weighted by Crippen LogP contribution is -2.35. The number of hydrogen-bond acceptors (Lipinski definition) is 6. The molecule has 2 N–H and O–H groups in total. The Morgan fingerprint density at radius 3 is 2.83 bits per heavy atom. The van der Waals surface area contributed by atoms with Gasteiger partial charge in [0.1, 0.15) is 23.7 Å². The van der Waals surface area contributed by atoms with Gasteiger partial charge in [-0.15, -0.1) is 0 Å². The molecule has 6 heteroatoms. The summed E-state index contributed by atoms with van der Waals surface area (Å²) in [5.74, 6) is 2.27. The zero-order valence-electron chi connectivity index (χ0n) is 12.7. The first kappa shape index (κ1) is 14.2. The molecule has 118 valence electrons. The largest absolute Gasteiger partial charge is 0.460 e. The van der Waals surface area contributed by atoms with Crippen molar-refractivity contribution in [3.05, 3.63) is 42.4 Å². The molecule has 0 saturated carbocycles. The summed E-state index contributed by atoms with van der Waals surface area (Å²) in [5, 5.41) is 0.844. The van der Waals surface area contributed by atoms with Gasteiger partial charge in [0.15, 0.2) is 0 Å². The number of hydrogen-bond donors (Lipinski definition) is 1. The Hall–Kier alpha value is -2.44. The van der Waals surface area contributed by atoms with Gasteiger partial charge in [-0.25, -0.2) is 9.97 Å². The van der Waals surface area contributed by atoms with Crippen LogP contribution in [0.15, 0.2) is 41.1 Å². The van der Waals surface area contributed by atoms with Gasteiger partial charge >= 0.3 is 0 Å². The highest BCUT2D eigenvalue weighted by Crippen LogP contribution is 2.27. The Labute approximate surface area is 133 Å². The summed E-state index contributed by atoms with van der Waals surface area (Å²) >= 11 is 0. The Bertz CT molecular complexity index is 824. The maximum atomic E-state index is 6.00. The second-order valence-electron chi connectivity index (χ2n) is 5.65. The average molecular weight is 310 g/mol. The van der Waals surface area contributed by atoms with E-state index in [9.17, 15) is 0 Å². The molecule has 0 atom stereocenters. The second-order valence-corrected chi connectivity index (χ2v) is 5.65. The number of nitrogens with two attached hydrogens (primary N) is 1. The summed E-state index contributed by atoms with van der Waals surface area (Å²) in [6, 6.07) is 9.93. The first-order valence-corrected chi connectivity index (χ1v) is 7.69. The minimum atomic E-state index is 0.483. The molecular weight excluding hydrogens is 292 g/mol. The minimum absolute atomic E-state index is 0.483. The lowest BCUT2D eigenvalue weighted by atomic mass is 10.1. The lowest BCUT2D eigenvalue weighted by Gasteiger charge is -2.25. The van der Waals surface area contributed by atoms with E-state index in [4.69, 9.17) is 14.9 Å². The number of morpholine rings is 1. The van der Waals surface area contributed by atoms with Crippen molar-refractivity contribution in [1.29, 1.82) is 0 Å². The number of ether oxygens (including phenoxy) is 1. The number of furan rings is 1. The van der Waals surface area contributed by atoms with Gasteiger partial charge in [-0.3, -0.25) is 4.90 Å². The predicted molar refractivity (Wildman–Crippen MR) is 87.7 cm³/mol. The fourth-order valence-electron chi connectivity index (χ4n) is 2.83. The number of aromatic nitrogens is 2. The van der Waals surface area contributed by atoms with E-state index in [2.05, 4.69) is 14.9 Å². The third kappa shape index (κ3) is 2.91. The molecule has 1 aliphatic heterocycles. The average Bonchev–Trinajstić information content (AvgIpc) is 3.04. The third-order valence-corrected chi connectivity index (χ3v) is 4.10. The molecule has 3 heterocycles. The van der Waals surface area contributed by atoms with Crippen LogP contribution in [0.5, 0.6) is 0 Å². The van der Waals surface area contributed by atoms with Crippen LogP contribution in [-0.2, 0) is 11.3 Å². The van der Waals surface area contributed by atoms with E-state index in [0.717, 1.165) is 60.8 Å². The van der Waals surface area contributed by atoms with Crippen LogP contribution in [0.1, 0.15) is 5.76 Å². The normalized spacial score (nSPS) is 16.0. The zero-order valence-corrected chi connectivity index (χ0v) is 12.7. The molecule has 0 radical (unpaired) electrons. The molecule has 0 spiro atoms. The van der Waals surface area contributed by atoms with Crippen molar-refractivity contribution in [2.75, 3.05) is 32.0 Å². The van der Waals surface area contributed by atoms with Crippen molar-refractivity contribution < 1.29 is 9.15 Å². The first-order valence-electron chi connectivity index (χ1n) is 7.69. The molecule has 1 fully saturated rings. The molecule has 0 aliphatic carbocycles. The number of nitrogens with zero attached hydrogens (tertiary/aromatic N) is 3. The van der Waals surface area contributed by atoms with Gasteiger partial charge < -0.3 is 14.9 Å². The summed E-state index contributed by atoms with van der Waals surface area (Å²) in [4.78, 5) is 10.6. The number of benzene rings is 1. The molecule has 0 amide bonds. The standard InChI is InChI=1S/C17H18N4O2/c18-17-14-9-12(1-3-15(14)19-11-20-17)16-4-2-13(23-16)10-21-5-7-22-8-6-21/h1-4,9,11H,5-8,10H2,(H2,18,19,20). The summed E-state index contributed by atoms with van der Waals surface area (Å²) in [6.07, 6.45) is 1.48. The summed E-state index contributed by atoms with van der Waals surface area (Å²) in [6.45, 7) is 4.27. The molecule has 0 bridgehead atoms. The number of nitrogen functional groups attached to an aromatic ring is 1. The maximum Gasteiger partial charge on any atom is 0.134 e. The monoisotopic (exact) mass is 310 g/mol. The molecule has 1 aromatic carbocycles. The van der Waals surface area contributed by atoms with Crippen LogP contribution in [0.3, 0.4) is 0 Å². The molecule has 1 saturated heterocycles. The fraction of sp³-hybridized carbons (Fsp3) is 0.294. The lowest BCUT2D eigenvalue weighted by molar-refractivity contribution is 0.0314. The summed E-state index contributed by atoms with van der Waals surface area (Å²) < 4.78 is 11.4. The van der Waals surface area contributed by atoms with E-state index < -0.39 is 0 Å². The molecule has 6 nitrogen and oxygen atoms in total.